The predicted molar refractivity (Wildman–Crippen MR) is 49.3 cm³/mol. The van der Waals surface area contributed by atoms with Crippen molar-refractivity contribution >= 4 is 0 Å². The van der Waals surface area contributed by atoms with Crippen molar-refractivity contribution in [2.24, 2.45) is 29.1 Å². The van der Waals surface area contributed by atoms with E-state index >= 15 is 0 Å². The van der Waals surface area contributed by atoms with Crippen LogP contribution in [0.2, 0.25) is 0 Å². The Morgan fingerprint density at radius 3 is 2.46 bits per heavy atom. The van der Waals surface area contributed by atoms with Crippen molar-refractivity contribution in [2.45, 2.75) is 39.7 Å². The Bertz CT molecular complexity index is 205. The van der Waals surface area contributed by atoms with E-state index in [1.54, 1.807) is 0 Å². The summed E-state index contributed by atoms with van der Waals surface area (Å²) in [5.41, 5.74) is 0.508. The van der Waals surface area contributed by atoms with Gasteiger partial charge >= 0.3 is 0 Å². The summed E-state index contributed by atoms with van der Waals surface area (Å²) in [4.78, 5) is 9.36. The second-order valence-corrected chi connectivity index (χ2v) is 5.19. The molecule has 3 aliphatic carbocycles. The van der Waals surface area contributed by atoms with Gasteiger partial charge in [-0.05, 0) is 36.0 Å². The molecule has 0 saturated heterocycles. The monoisotopic (exact) mass is 185 g/mol. The summed E-state index contributed by atoms with van der Waals surface area (Å²) in [5, 5.41) is 0. The molecule has 0 spiro atoms. The maximum atomic E-state index is 5.07. The summed E-state index contributed by atoms with van der Waals surface area (Å²) in [6.07, 6.45) is 2.67. The Morgan fingerprint density at radius 2 is 2.00 bits per heavy atom. The van der Waals surface area contributed by atoms with Gasteiger partial charge in [0.25, 0.3) is 0 Å². The standard InChI is InChI=1S/C10H19NO2/c1-6-8-4-7(10(8,2)3)5-9(6)12-13-11/h6-9H,4-5,11H2,1-3H3/t6-,7+,8-,9?/m0/s1. The highest BCUT2D eigenvalue weighted by molar-refractivity contribution is 5.05. The van der Waals surface area contributed by atoms with Crippen molar-refractivity contribution in [2.75, 3.05) is 0 Å². The molecule has 1 unspecified atom stereocenters. The number of rotatable bonds is 2. The summed E-state index contributed by atoms with van der Waals surface area (Å²) in [7, 11) is 0. The molecule has 4 atom stereocenters. The van der Waals surface area contributed by atoms with Crippen LogP contribution in [-0.2, 0) is 9.88 Å². The minimum Gasteiger partial charge on any atom is -0.215 e. The topological polar surface area (TPSA) is 44.5 Å². The third kappa shape index (κ3) is 1.22. The average Bonchev–Trinajstić information content (AvgIpc) is 2.08. The van der Waals surface area contributed by atoms with Gasteiger partial charge in [-0.1, -0.05) is 20.8 Å². The molecule has 3 fully saturated rings. The first kappa shape index (κ1) is 9.44. The zero-order valence-electron chi connectivity index (χ0n) is 8.62. The second kappa shape index (κ2) is 2.94. The lowest BCUT2D eigenvalue weighted by Crippen LogP contribution is -2.57. The fourth-order valence-corrected chi connectivity index (χ4v) is 3.30. The first-order valence-electron chi connectivity index (χ1n) is 5.09. The largest absolute Gasteiger partial charge is 0.215 e. The van der Waals surface area contributed by atoms with Crippen LogP contribution in [0.15, 0.2) is 0 Å². The molecule has 3 heteroatoms. The van der Waals surface area contributed by atoms with E-state index in [1.165, 1.54) is 6.42 Å². The van der Waals surface area contributed by atoms with Crippen LogP contribution < -0.4 is 5.90 Å². The molecule has 0 aromatic heterocycles. The van der Waals surface area contributed by atoms with Gasteiger partial charge in [0, 0.05) is 0 Å². The summed E-state index contributed by atoms with van der Waals surface area (Å²) in [5.74, 6) is 7.08. The quantitative estimate of drug-likeness (QED) is 0.527. The van der Waals surface area contributed by atoms with Crippen molar-refractivity contribution in [3.05, 3.63) is 0 Å². The van der Waals surface area contributed by atoms with Gasteiger partial charge < -0.3 is 0 Å². The van der Waals surface area contributed by atoms with Gasteiger partial charge in [0.1, 0.15) is 0 Å². The van der Waals surface area contributed by atoms with E-state index in [2.05, 4.69) is 25.8 Å². The zero-order chi connectivity index (χ0) is 9.64. The number of hydrogen-bond acceptors (Lipinski definition) is 3. The highest BCUT2D eigenvalue weighted by Gasteiger charge is 2.56. The molecule has 3 saturated carbocycles. The highest BCUT2D eigenvalue weighted by Crippen LogP contribution is 2.61. The summed E-state index contributed by atoms with van der Waals surface area (Å²) < 4.78 is 0. The van der Waals surface area contributed by atoms with E-state index in [0.717, 1.165) is 18.3 Å². The lowest BCUT2D eigenvalue weighted by Gasteiger charge is -2.61. The molecule has 13 heavy (non-hydrogen) atoms. The third-order valence-corrected chi connectivity index (χ3v) is 4.46. The molecule has 3 rings (SSSR count). The minimum absolute atomic E-state index is 0.210. The Balaban J connectivity index is 2.03. The summed E-state index contributed by atoms with van der Waals surface area (Å²) >= 11 is 0. The van der Waals surface area contributed by atoms with Crippen molar-refractivity contribution in [1.29, 1.82) is 0 Å². The van der Waals surface area contributed by atoms with Crippen LogP contribution >= 0.6 is 0 Å². The molecule has 3 nitrogen and oxygen atoms in total. The maximum Gasteiger partial charge on any atom is 0.0980 e. The van der Waals surface area contributed by atoms with E-state index < -0.39 is 0 Å². The van der Waals surface area contributed by atoms with Gasteiger partial charge in [0.05, 0.1) is 6.10 Å². The van der Waals surface area contributed by atoms with Crippen LogP contribution in [0.3, 0.4) is 0 Å². The first-order chi connectivity index (χ1) is 6.07. The average molecular weight is 185 g/mol. The second-order valence-electron chi connectivity index (χ2n) is 5.19. The van der Waals surface area contributed by atoms with E-state index in [-0.39, 0.29) is 6.10 Å². The van der Waals surface area contributed by atoms with Crippen LogP contribution in [0.25, 0.3) is 0 Å². The number of nitrogens with two attached hydrogens (primary N) is 1. The van der Waals surface area contributed by atoms with Crippen molar-refractivity contribution in [3.63, 3.8) is 0 Å². The molecular weight excluding hydrogens is 166 g/mol. The molecule has 76 valence electrons. The van der Waals surface area contributed by atoms with E-state index in [9.17, 15) is 0 Å². The Labute approximate surface area is 79.5 Å². The predicted octanol–water partition coefficient (Wildman–Crippen LogP) is 1.88. The molecule has 2 bridgehead atoms. The SMILES string of the molecule is C[C@@H]1C(OON)C[C@H]2C[C@@H]1C2(C)C. The van der Waals surface area contributed by atoms with E-state index in [0.29, 0.717) is 11.3 Å². The maximum absolute atomic E-state index is 5.07. The van der Waals surface area contributed by atoms with Gasteiger partial charge in [-0.3, -0.25) is 0 Å². The van der Waals surface area contributed by atoms with E-state index in [4.69, 9.17) is 10.8 Å². The van der Waals surface area contributed by atoms with E-state index in [1.807, 2.05) is 0 Å². The molecule has 0 aliphatic heterocycles. The van der Waals surface area contributed by atoms with Crippen LogP contribution in [0, 0.1) is 23.2 Å². The summed E-state index contributed by atoms with van der Waals surface area (Å²) in [6, 6.07) is 0. The lowest BCUT2D eigenvalue weighted by atomic mass is 9.45. The molecule has 3 aliphatic rings. The third-order valence-electron chi connectivity index (χ3n) is 4.46. The van der Waals surface area contributed by atoms with Crippen LogP contribution in [0.4, 0.5) is 0 Å². The summed E-state index contributed by atoms with van der Waals surface area (Å²) in [6.45, 7) is 6.97. The zero-order valence-corrected chi connectivity index (χ0v) is 8.62. The minimum atomic E-state index is 0.210. The van der Waals surface area contributed by atoms with Crippen LogP contribution in [0.5, 0.6) is 0 Å². The van der Waals surface area contributed by atoms with Gasteiger partial charge in [-0.15, -0.1) is 4.99 Å². The number of hydrogen-bond donors (Lipinski definition) is 1. The van der Waals surface area contributed by atoms with Gasteiger partial charge in [0.2, 0.25) is 0 Å². The lowest BCUT2D eigenvalue weighted by molar-refractivity contribution is -0.362. The molecule has 0 aromatic carbocycles. The fraction of sp³-hybridized carbons (Fsp3) is 1.00. The Morgan fingerprint density at radius 1 is 1.31 bits per heavy atom. The van der Waals surface area contributed by atoms with Crippen LogP contribution in [0.1, 0.15) is 33.6 Å². The first-order valence-corrected chi connectivity index (χ1v) is 5.09. The Hall–Kier alpha value is -0.120. The fourth-order valence-electron chi connectivity index (χ4n) is 3.30. The molecular formula is C10H19NO2. The van der Waals surface area contributed by atoms with Crippen molar-refractivity contribution in [1.82, 2.24) is 0 Å². The molecule has 0 amide bonds. The number of fused-ring (bicyclic) bond motifs is 2. The van der Waals surface area contributed by atoms with Crippen LogP contribution in [-0.4, -0.2) is 6.10 Å². The molecule has 0 heterocycles. The normalized spacial score (nSPS) is 47.1. The van der Waals surface area contributed by atoms with Gasteiger partial charge in [-0.2, -0.15) is 5.90 Å². The molecule has 2 N–H and O–H groups in total. The van der Waals surface area contributed by atoms with Crippen molar-refractivity contribution in [3.8, 4) is 0 Å². The highest BCUT2D eigenvalue weighted by atomic mass is 17.3. The van der Waals surface area contributed by atoms with Gasteiger partial charge in [0.15, 0.2) is 0 Å². The molecule has 0 aromatic rings. The van der Waals surface area contributed by atoms with Gasteiger partial charge in [-0.25, -0.2) is 4.89 Å². The Kier molecular flexibility index (Phi) is 2.13. The smallest absolute Gasteiger partial charge is 0.0980 e. The van der Waals surface area contributed by atoms with Crippen molar-refractivity contribution < 1.29 is 9.88 Å². The molecule has 0 radical (unpaired) electrons.